The smallest absolute Gasteiger partial charge is 0.400 e. The summed E-state index contributed by atoms with van der Waals surface area (Å²) in [5.41, 5.74) is 21.8. The highest BCUT2D eigenvalue weighted by molar-refractivity contribution is 9.10. The Labute approximate surface area is 497 Å². The number of hydrogen-bond acceptors (Lipinski definition) is 19. The Morgan fingerprint density at radius 2 is 1.12 bits per heavy atom. The van der Waals surface area contributed by atoms with Gasteiger partial charge in [-0.05, 0) is 125 Å². The number of allylic oxidation sites excluding steroid dienone is 3. The topological polar surface area (TPSA) is 271 Å². The van der Waals surface area contributed by atoms with Gasteiger partial charge in [0.15, 0.2) is 11.6 Å². The predicted octanol–water partition coefficient (Wildman–Crippen LogP) is 11.8. The van der Waals surface area contributed by atoms with E-state index in [1.54, 1.807) is 83.2 Å². The van der Waals surface area contributed by atoms with Crippen molar-refractivity contribution in [2.24, 2.45) is 4.99 Å². The highest BCUT2D eigenvalue weighted by atomic mass is 79.9. The van der Waals surface area contributed by atoms with Crippen LogP contribution < -0.4 is 11.5 Å². The van der Waals surface area contributed by atoms with Crippen LogP contribution in [0.3, 0.4) is 0 Å². The lowest BCUT2D eigenvalue weighted by molar-refractivity contribution is -0.117. The highest BCUT2D eigenvalue weighted by Gasteiger charge is 2.51. The summed E-state index contributed by atoms with van der Waals surface area (Å²) in [7, 11) is 4.71. The average molecular weight is 1220 g/mol. The van der Waals surface area contributed by atoms with Crippen molar-refractivity contribution in [1.29, 1.82) is 0 Å². The summed E-state index contributed by atoms with van der Waals surface area (Å²) in [6.07, 6.45) is 20.9. The fraction of sp³-hybridized carbons (Fsp3) is 0.351. The van der Waals surface area contributed by atoms with Crippen LogP contribution in [0.25, 0.3) is 22.8 Å². The van der Waals surface area contributed by atoms with Gasteiger partial charge in [0.05, 0.1) is 100.0 Å². The second kappa shape index (κ2) is 31.3. The third kappa shape index (κ3) is 18.4. The van der Waals surface area contributed by atoms with Crippen LogP contribution in [0.4, 0.5) is 17.1 Å². The summed E-state index contributed by atoms with van der Waals surface area (Å²) in [6.45, 7) is 31.5. The minimum absolute atomic E-state index is 0.0117. The van der Waals surface area contributed by atoms with E-state index in [9.17, 15) is 9.59 Å². The van der Waals surface area contributed by atoms with Gasteiger partial charge in [0.2, 0.25) is 6.08 Å². The van der Waals surface area contributed by atoms with E-state index in [1.807, 2.05) is 69.2 Å². The monoisotopic (exact) mass is 1220 g/mol. The summed E-state index contributed by atoms with van der Waals surface area (Å²) < 4.78 is 28.2. The molecule has 434 valence electrons. The van der Waals surface area contributed by atoms with E-state index in [2.05, 4.69) is 86.0 Å². The van der Waals surface area contributed by atoms with Crippen molar-refractivity contribution in [3.05, 3.63) is 165 Å². The number of hydrogen-bond donors (Lipinski definition) is 2. The van der Waals surface area contributed by atoms with Crippen molar-refractivity contribution in [3.8, 4) is 11.6 Å². The standard InChI is InChI=1S/C21H22ClN5O2.C11H16N2O.C9H17BO2.C8H11BrN2O.C8H4ClN5O/c1-13(2)18-12-23-11-16(20(18)14(3)29-4)9-17(28)7-15-8-19(22)21(24-10-15)27-25-5-6-26-27;1-7(2)9-5-13-6-10(12)11(9)8(3)14-4;1-7(2)10-11-8(3,4)9(5,6)12-10;1-5(12-2)8-6(9)3-11-4-7(8)10;9-7-3-6(11-5-15)4-10-8(7)14-12-1-2-13-14/h5-6,8,10-12,14H,1,7,9H2,2-4H3;5-6,8H,1,12H2,2-4H3;1H2,2-6H3;3-5H,10H2,1-2H3;1-4H. The number of aliphatic imine (C=N–C) groups is 1. The van der Waals surface area contributed by atoms with E-state index in [0.29, 0.717) is 38.7 Å². The first-order valence-corrected chi connectivity index (χ1v) is 26.9. The fourth-order valence-corrected chi connectivity index (χ4v) is 8.76. The molecule has 7 aromatic heterocycles. The van der Waals surface area contributed by atoms with Gasteiger partial charge in [0.25, 0.3) is 0 Å². The van der Waals surface area contributed by atoms with Crippen LogP contribution in [-0.2, 0) is 46.0 Å². The molecule has 0 bridgehead atoms. The third-order valence-electron chi connectivity index (χ3n) is 12.8. The van der Waals surface area contributed by atoms with Crippen molar-refractivity contribution in [3.63, 3.8) is 0 Å². The first kappa shape index (κ1) is 67.3. The number of ketones is 1. The SMILES string of the molecule is C=C(C)B1OC(C)(C)C(C)(C)O1.C=C(C)c1cncc(CC(=O)Cc2cnc(-n3nccn3)c(Cl)c2)c1C(C)OC.C=C(C)c1cncc(N)c1C(C)OC.COC(C)c1c(N)cncc1Br.O=C=Nc1cnc(-n2nccn2)c(Cl)c1. The number of nitrogens with zero attached hydrogens (tertiary/aromatic N) is 12. The number of rotatable bonds is 16. The largest absolute Gasteiger partial charge is 0.489 e. The van der Waals surface area contributed by atoms with E-state index in [0.717, 1.165) is 60.0 Å². The number of ether oxygens (including phenoxy) is 3. The number of carbonyl (C=O) groups is 1. The molecule has 25 heteroatoms. The van der Waals surface area contributed by atoms with Gasteiger partial charge >= 0.3 is 7.12 Å². The highest BCUT2D eigenvalue weighted by Crippen LogP contribution is 2.38. The van der Waals surface area contributed by atoms with Gasteiger partial charge < -0.3 is 35.0 Å². The molecule has 0 aromatic carbocycles. The van der Waals surface area contributed by atoms with Crippen LogP contribution in [0, 0.1) is 0 Å². The molecule has 0 saturated carbocycles. The number of Topliss-reactive ketones (excluding diaryl/α,β-unsaturated/α-hetero) is 1. The average Bonchev–Trinajstić information content (AvgIpc) is 4.22. The number of aromatic nitrogens is 11. The minimum Gasteiger partial charge on any atom is -0.400 e. The lowest BCUT2D eigenvalue weighted by Gasteiger charge is -2.32. The molecule has 7 aromatic rings. The van der Waals surface area contributed by atoms with Crippen molar-refractivity contribution in [1.82, 2.24) is 54.9 Å². The summed E-state index contributed by atoms with van der Waals surface area (Å²) in [5.74, 6) is 0.826. The number of isocyanates is 1. The number of carbonyl (C=O) groups excluding carboxylic acids is 2. The summed E-state index contributed by atoms with van der Waals surface area (Å²) >= 11 is 15.6. The van der Waals surface area contributed by atoms with E-state index in [-0.39, 0.29) is 55.3 Å². The van der Waals surface area contributed by atoms with Crippen LogP contribution in [0.5, 0.6) is 0 Å². The molecule has 0 radical (unpaired) electrons. The maximum Gasteiger partial charge on any atom is 0.489 e. The molecule has 82 heavy (non-hydrogen) atoms. The van der Waals surface area contributed by atoms with E-state index in [1.165, 1.54) is 40.3 Å². The molecule has 1 aliphatic heterocycles. The molecule has 1 aliphatic rings. The molecule has 1 saturated heterocycles. The van der Waals surface area contributed by atoms with E-state index < -0.39 is 0 Å². The van der Waals surface area contributed by atoms with Crippen molar-refractivity contribution < 1.29 is 33.1 Å². The number of anilines is 2. The Kier molecular flexibility index (Phi) is 25.7. The number of pyridine rings is 5. The van der Waals surface area contributed by atoms with Crippen molar-refractivity contribution >= 4 is 86.3 Å². The van der Waals surface area contributed by atoms with Crippen LogP contribution >= 0.6 is 39.1 Å². The van der Waals surface area contributed by atoms with Crippen LogP contribution in [0.1, 0.15) is 126 Å². The lowest BCUT2D eigenvalue weighted by atomic mass is 9.81. The molecule has 0 amide bonds. The second-order valence-electron chi connectivity index (χ2n) is 19.6. The van der Waals surface area contributed by atoms with Crippen molar-refractivity contribution in [2.45, 2.75) is 112 Å². The number of halogens is 3. The van der Waals surface area contributed by atoms with Crippen LogP contribution in [-0.4, -0.2) is 106 Å². The number of nitrogen functional groups attached to an aromatic ring is 2. The molecule has 1 fully saturated rings. The first-order chi connectivity index (χ1) is 38.7. The quantitative estimate of drug-likeness (QED) is 0.0517. The molecule has 0 aliphatic carbocycles. The van der Waals surface area contributed by atoms with Gasteiger partial charge in [-0.3, -0.25) is 19.7 Å². The number of methoxy groups -OCH3 is 3. The molecule has 0 spiro atoms. The Morgan fingerprint density at radius 3 is 1.56 bits per heavy atom. The molecule has 3 atom stereocenters. The lowest BCUT2D eigenvalue weighted by Crippen LogP contribution is -2.41. The Morgan fingerprint density at radius 1 is 0.683 bits per heavy atom. The second-order valence-corrected chi connectivity index (χ2v) is 21.3. The summed E-state index contributed by atoms with van der Waals surface area (Å²) in [4.78, 5) is 49.3. The maximum atomic E-state index is 12.8. The molecule has 21 nitrogen and oxygen atoms in total. The fourth-order valence-electron chi connectivity index (χ4n) is 7.59. The molecule has 3 unspecified atom stereocenters. The van der Waals surface area contributed by atoms with Gasteiger partial charge in [0.1, 0.15) is 5.78 Å². The van der Waals surface area contributed by atoms with Gasteiger partial charge in [-0.15, -0.1) is 16.2 Å². The Balaban J connectivity index is 0.000000233. The molecular formula is C57H70BBrCl2N14O7. The molecule has 4 N–H and O–H groups in total. The van der Waals surface area contributed by atoms with E-state index in [4.69, 9.17) is 58.2 Å². The van der Waals surface area contributed by atoms with Crippen LogP contribution in [0.2, 0.25) is 10.0 Å². The van der Waals surface area contributed by atoms with E-state index >= 15 is 0 Å². The third-order valence-corrected chi connectivity index (χ3v) is 14.0. The Bertz CT molecular complexity index is 3310. The zero-order chi connectivity index (χ0) is 61.1. The predicted molar refractivity (Wildman–Crippen MR) is 324 cm³/mol. The molecule has 8 rings (SSSR count). The summed E-state index contributed by atoms with van der Waals surface area (Å²) in [5, 5.41) is 16.5. The first-order valence-electron chi connectivity index (χ1n) is 25.3. The number of nitrogens with two attached hydrogens (primary N) is 2. The molecule has 8 heterocycles. The Hall–Kier alpha value is -7.18. The van der Waals surface area contributed by atoms with Gasteiger partial charge in [-0.2, -0.15) is 25.4 Å². The molecular weight excluding hydrogens is 1150 g/mol. The van der Waals surface area contributed by atoms with Gasteiger partial charge in [-0.25, -0.2) is 14.8 Å². The zero-order valence-electron chi connectivity index (χ0n) is 48.4. The zero-order valence-corrected chi connectivity index (χ0v) is 51.5. The van der Waals surface area contributed by atoms with Crippen LogP contribution in [0.15, 0.2) is 121 Å². The van der Waals surface area contributed by atoms with Gasteiger partial charge in [-0.1, -0.05) is 41.8 Å². The summed E-state index contributed by atoms with van der Waals surface area (Å²) in [6, 6.07) is 3.20. The normalized spacial score (nSPS) is 13.8. The minimum atomic E-state index is -0.241. The van der Waals surface area contributed by atoms with Crippen molar-refractivity contribution in [2.75, 3.05) is 32.8 Å². The van der Waals surface area contributed by atoms with Gasteiger partial charge in [0, 0.05) is 91.9 Å². The maximum absolute atomic E-state index is 12.8.